The van der Waals surface area contributed by atoms with Crippen molar-refractivity contribution in [2.24, 2.45) is 0 Å². The number of carbonyl (C=O) groups is 1. The second-order valence-electron chi connectivity index (χ2n) is 3.37. The van der Waals surface area contributed by atoms with Gasteiger partial charge in [-0.15, -0.1) is 11.3 Å². The number of rotatable bonds is 2. The molecule has 0 aliphatic rings. The average Bonchev–Trinajstić information content (AvgIpc) is 2.76. The lowest BCUT2D eigenvalue weighted by molar-refractivity contribution is 0.102. The van der Waals surface area contributed by atoms with Crippen LogP contribution in [-0.4, -0.2) is 5.91 Å². The first kappa shape index (κ1) is 12.7. The molecule has 0 spiro atoms. The Morgan fingerprint density at radius 1 is 1.50 bits per heavy atom. The van der Waals surface area contributed by atoms with E-state index in [0.29, 0.717) is 5.56 Å². The van der Waals surface area contributed by atoms with Crippen LogP contribution < -0.4 is 5.32 Å². The summed E-state index contributed by atoms with van der Waals surface area (Å²) < 4.78 is 14.2. The van der Waals surface area contributed by atoms with Crippen LogP contribution in [0.15, 0.2) is 33.4 Å². The second kappa shape index (κ2) is 5.29. The first-order chi connectivity index (χ1) is 8.61. The number of benzene rings is 1. The molecule has 18 heavy (non-hydrogen) atoms. The maximum Gasteiger partial charge on any atom is 0.256 e. The van der Waals surface area contributed by atoms with Gasteiger partial charge >= 0.3 is 0 Å². The molecule has 0 bridgehead atoms. The van der Waals surface area contributed by atoms with E-state index in [2.05, 4.69) is 21.2 Å². The molecule has 0 aliphatic heterocycles. The van der Waals surface area contributed by atoms with E-state index in [1.54, 1.807) is 17.5 Å². The second-order valence-corrected chi connectivity index (χ2v) is 5.66. The van der Waals surface area contributed by atoms with Crippen molar-refractivity contribution in [1.82, 2.24) is 0 Å². The number of hydrogen-bond acceptors (Lipinski definition) is 3. The quantitative estimate of drug-likeness (QED) is 0.914. The van der Waals surface area contributed by atoms with Gasteiger partial charge in [0.1, 0.15) is 17.4 Å². The number of anilines is 1. The molecule has 6 heteroatoms. The molecule has 0 unspecified atom stereocenters. The van der Waals surface area contributed by atoms with Gasteiger partial charge in [-0.25, -0.2) is 4.39 Å². The molecule has 0 fully saturated rings. The first-order valence-corrected chi connectivity index (χ1v) is 6.53. The highest BCUT2D eigenvalue weighted by atomic mass is 79.9. The predicted octanol–water partition coefficient (Wildman–Crippen LogP) is 3.77. The number of amides is 1. The van der Waals surface area contributed by atoms with Gasteiger partial charge in [-0.05, 0) is 34.1 Å². The Morgan fingerprint density at radius 3 is 2.89 bits per heavy atom. The van der Waals surface area contributed by atoms with Gasteiger partial charge in [-0.3, -0.25) is 4.79 Å². The maximum absolute atomic E-state index is 13.3. The van der Waals surface area contributed by atoms with Crippen molar-refractivity contribution >= 4 is 38.9 Å². The van der Waals surface area contributed by atoms with Crippen molar-refractivity contribution in [1.29, 1.82) is 5.26 Å². The van der Waals surface area contributed by atoms with Gasteiger partial charge in [-0.1, -0.05) is 6.07 Å². The fraction of sp³-hybridized carbons (Fsp3) is 0. The van der Waals surface area contributed by atoms with Gasteiger partial charge in [0.25, 0.3) is 5.91 Å². The van der Waals surface area contributed by atoms with E-state index in [1.807, 2.05) is 0 Å². The number of nitriles is 1. The molecule has 0 atom stereocenters. The van der Waals surface area contributed by atoms with Gasteiger partial charge in [0.05, 0.1) is 15.0 Å². The molecule has 90 valence electrons. The summed E-state index contributed by atoms with van der Waals surface area (Å²) in [7, 11) is 0. The van der Waals surface area contributed by atoms with Crippen molar-refractivity contribution in [3.8, 4) is 6.07 Å². The molecule has 1 amide bonds. The third kappa shape index (κ3) is 2.58. The minimum absolute atomic E-state index is 0.167. The van der Waals surface area contributed by atoms with Crippen molar-refractivity contribution in [2.75, 3.05) is 5.32 Å². The van der Waals surface area contributed by atoms with Crippen LogP contribution >= 0.6 is 27.3 Å². The highest BCUT2D eigenvalue weighted by Gasteiger charge is 2.13. The van der Waals surface area contributed by atoms with Crippen molar-refractivity contribution in [2.45, 2.75) is 0 Å². The van der Waals surface area contributed by atoms with Gasteiger partial charge in [0.15, 0.2) is 0 Å². The number of thiophene rings is 1. The Kier molecular flexibility index (Phi) is 3.75. The fourth-order valence-electron chi connectivity index (χ4n) is 1.37. The lowest BCUT2D eigenvalue weighted by atomic mass is 10.1. The number of nitrogens with one attached hydrogen (secondary N) is 1. The summed E-state index contributed by atoms with van der Waals surface area (Å²) in [6.45, 7) is 0. The molecule has 1 N–H and O–H groups in total. The third-order valence-electron chi connectivity index (χ3n) is 2.20. The van der Waals surface area contributed by atoms with Gasteiger partial charge < -0.3 is 5.32 Å². The Balaban J connectivity index is 2.28. The van der Waals surface area contributed by atoms with Gasteiger partial charge in [-0.2, -0.15) is 5.26 Å². The van der Waals surface area contributed by atoms with Crippen LogP contribution in [0.1, 0.15) is 15.9 Å². The zero-order chi connectivity index (χ0) is 13.1. The molecule has 3 nitrogen and oxygen atoms in total. The lowest BCUT2D eigenvalue weighted by Crippen LogP contribution is -2.12. The van der Waals surface area contributed by atoms with E-state index in [9.17, 15) is 9.18 Å². The van der Waals surface area contributed by atoms with Crippen molar-refractivity contribution in [3.63, 3.8) is 0 Å². The standard InChI is InChI=1S/C12H6BrFN2OS/c13-11-4-7(6-18-11)12(17)16-10-3-1-2-9(14)8(10)5-15/h1-4,6H,(H,16,17). The monoisotopic (exact) mass is 324 g/mol. The van der Waals surface area contributed by atoms with Crippen LogP contribution in [-0.2, 0) is 0 Å². The van der Waals surface area contributed by atoms with Crippen molar-refractivity contribution in [3.05, 3.63) is 50.4 Å². The summed E-state index contributed by atoms with van der Waals surface area (Å²) >= 11 is 4.62. The van der Waals surface area contributed by atoms with Crippen LogP contribution in [0.5, 0.6) is 0 Å². The fourth-order valence-corrected chi connectivity index (χ4v) is 2.50. The van der Waals surface area contributed by atoms with Crippen LogP contribution in [0.25, 0.3) is 0 Å². The maximum atomic E-state index is 13.3. The Morgan fingerprint density at radius 2 is 2.28 bits per heavy atom. The third-order valence-corrected chi connectivity index (χ3v) is 3.71. The van der Waals surface area contributed by atoms with E-state index in [4.69, 9.17) is 5.26 Å². The molecule has 0 saturated carbocycles. The van der Waals surface area contributed by atoms with E-state index in [-0.39, 0.29) is 17.2 Å². The average molecular weight is 325 g/mol. The summed E-state index contributed by atoms with van der Waals surface area (Å²) in [5.41, 5.74) is 0.463. The summed E-state index contributed by atoms with van der Waals surface area (Å²) in [6, 6.07) is 7.49. The highest BCUT2D eigenvalue weighted by molar-refractivity contribution is 9.11. The molecule has 2 rings (SSSR count). The van der Waals surface area contributed by atoms with Crippen LogP contribution in [0, 0.1) is 17.1 Å². The largest absolute Gasteiger partial charge is 0.321 e. The Bertz CT molecular complexity index is 648. The van der Waals surface area contributed by atoms with E-state index in [0.717, 1.165) is 3.79 Å². The SMILES string of the molecule is N#Cc1c(F)cccc1NC(=O)c1csc(Br)c1. The summed E-state index contributed by atoms with van der Waals surface area (Å²) in [5, 5.41) is 13.0. The molecule has 0 radical (unpaired) electrons. The zero-order valence-electron chi connectivity index (χ0n) is 8.91. The molecule has 0 aliphatic carbocycles. The van der Waals surface area contributed by atoms with Gasteiger partial charge in [0.2, 0.25) is 0 Å². The molecule has 1 aromatic heterocycles. The minimum Gasteiger partial charge on any atom is -0.321 e. The number of hydrogen-bond donors (Lipinski definition) is 1. The lowest BCUT2D eigenvalue weighted by Gasteiger charge is -2.06. The summed E-state index contributed by atoms with van der Waals surface area (Å²) in [5.74, 6) is -1.03. The number of carbonyl (C=O) groups excluding carboxylic acids is 1. The number of halogens is 2. The van der Waals surface area contributed by atoms with Crippen molar-refractivity contribution < 1.29 is 9.18 Å². The Labute approximate surface area is 115 Å². The summed E-state index contributed by atoms with van der Waals surface area (Å²) in [6.07, 6.45) is 0. The number of nitrogens with zero attached hydrogens (tertiary/aromatic N) is 1. The Hall–Kier alpha value is -1.71. The topological polar surface area (TPSA) is 52.9 Å². The zero-order valence-corrected chi connectivity index (χ0v) is 11.3. The molecular formula is C12H6BrFN2OS. The van der Waals surface area contributed by atoms with Gasteiger partial charge in [0, 0.05) is 5.38 Å². The normalized spacial score (nSPS) is 9.83. The highest BCUT2D eigenvalue weighted by Crippen LogP contribution is 2.23. The van der Waals surface area contributed by atoms with Crippen LogP contribution in [0.2, 0.25) is 0 Å². The van der Waals surface area contributed by atoms with E-state index in [1.165, 1.54) is 29.5 Å². The summed E-state index contributed by atoms with van der Waals surface area (Å²) in [4.78, 5) is 11.8. The van der Waals surface area contributed by atoms with Crippen LogP contribution in [0.4, 0.5) is 10.1 Å². The molecule has 0 saturated heterocycles. The van der Waals surface area contributed by atoms with E-state index < -0.39 is 5.82 Å². The molecule has 1 heterocycles. The smallest absolute Gasteiger partial charge is 0.256 e. The predicted molar refractivity (Wildman–Crippen MR) is 71.1 cm³/mol. The van der Waals surface area contributed by atoms with E-state index >= 15 is 0 Å². The molecule has 2 aromatic rings. The van der Waals surface area contributed by atoms with Crippen LogP contribution in [0.3, 0.4) is 0 Å². The molecular weight excluding hydrogens is 319 g/mol. The first-order valence-electron chi connectivity index (χ1n) is 4.86. The minimum atomic E-state index is -0.651. The molecule has 1 aromatic carbocycles.